The van der Waals surface area contributed by atoms with Gasteiger partial charge in [0.2, 0.25) is 5.78 Å². The third-order valence-corrected chi connectivity index (χ3v) is 6.08. The highest BCUT2D eigenvalue weighted by atomic mass is 35.5. The molecule has 0 radical (unpaired) electrons. The Kier molecular flexibility index (Phi) is 4.25. The lowest BCUT2D eigenvalue weighted by Gasteiger charge is -2.11. The van der Waals surface area contributed by atoms with Crippen LogP contribution in [-0.2, 0) is 10.0 Å². The van der Waals surface area contributed by atoms with E-state index in [0.29, 0.717) is 5.56 Å². The number of benzene rings is 2. The molecule has 2 aromatic carbocycles. The van der Waals surface area contributed by atoms with Crippen molar-refractivity contribution in [3.63, 3.8) is 0 Å². The topological polar surface area (TPSA) is 81.9 Å². The van der Waals surface area contributed by atoms with Crippen LogP contribution in [0.2, 0.25) is 5.15 Å². The zero-order chi connectivity index (χ0) is 19.0. The predicted octanol–water partition coefficient (Wildman–Crippen LogP) is 3.55. The molecule has 0 aliphatic rings. The van der Waals surface area contributed by atoms with Gasteiger partial charge in [-0.15, -0.1) is 0 Å². The van der Waals surface area contributed by atoms with Crippen LogP contribution in [0.3, 0.4) is 0 Å². The minimum Gasteiger partial charge on any atom is -0.287 e. The van der Waals surface area contributed by atoms with E-state index < -0.39 is 15.8 Å². The maximum absolute atomic E-state index is 13.3. The van der Waals surface area contributed by atoms with Gasteiger partial charge in [-0.2, -0.15) is 0 Å². The quantitative estimate of drug-likeness (QED) is 0.388. The molecule has 0 bridgehead atoms. The molecule has 0 aliphatic heterocycles. The smallest absolute Gasteiger partial charge is 0.270 e. The lowest BCUT2D eigenvalue weighted by Crippen LogP contribution is -2.19. The Morgan fingerprint density at radius 3 is 2.22 bits per heavy atom. The van der Waals surface area contributed by atoms with Crippen LogP contribution in [0.4, 0.5) is 0 Å². The summed E-state index contributed by atoms with van der Waals surface area (Å²) in [6.07, 6.45) is 1.17. The molecule has 0 saturated carbocycles. The largest absolute Gasteiger partial charge is 0.287 e. The first-order valence-corrected chi connectivity index (χ1v) is 9.74. The number of halogens is 1. The van der Waals surface area contributed by atoms with Crippen molar-refractivity contribution in [1.82, 2.24) is 13.9 Å². The van der Waals surface area contributed by atoms with Gasteiger partial charge in [0, 0.05) is 5.56 Å². The van der Waals surface area contributed by atoms with E-state index in [1.54, 1.807) is 48.5 Å². The molecule has 0 amide bonds. The maximum atomic E-state index is 13.3. The third-order valence-electron chi connectivity index (χ3n) is 4.06. The highest BCUT2D eigenvalue weighted by molar-refractivity contribution is 7.90. The molecule has 27 heavy (non-hydrogen) atoms. The number of aromatic nitrogens is 3. The van der Waals surface area contributed by atoms with Crippen molar-refractivity contribution in [2.45, 2.75) is 4.90 Å². The van der Waals surface area contributed by atoms with Crippen molar-refractivity contribution in [1.29, 1.82) is 0 Å². The van der Waals surface area contributed by atoms with Gasteiger partial charge in [-0.3, -0.25) is 4.79 Å². The van der Waals surface area contributed by atoms with E-state index >= 15 is 0 Å². The highest BCUT2D eigenvalue weighted by Gasteiger charge is 2.28. The zero-order valence-electron chi connectivity index (χ0n) is 13.8. The Morgan fingerprint density at radius 2 is 1.56 bits per heavy atom. The van der Waals surface area contributed by atoms with E-state index in [1.165, 1.54) is 24.5 Å². The van der Waals surface area contributed by atoms with E-state index in [-0.39, 0.29) is 26.8 Å². The molecule has 2 heterocycles. The molecule has 0 spiro atoms. The van der Waals surface area contributed by atoms with Gasteiger partial charge in [0.25, 0.3) is 10.0 Å². The van der Waals surface area contributed by atoms with Crippen LogP contribution < -0.4 is 0 Å². The molecule has 2 aromatic heterocycles. The Hall–Kier alpha value is -3.03. The fourth-order valence-corrected chi connectivity index (χ4v) is 4.46. The Morgan fingerprint density at radius 1 is 0.926 bits per heavy atom. The summed E-state index contributed by atoms with van der Waals surface area (Å²) in [5.41, 5.74) is 0.356. The first-order chi connectivity index (χ1) is 13.0. The fraction of sp³-hybridized carbons (Fsp3) is 0. The summed E-state index contributed by atoms with van der Waals surface area (Å²) in [5.74, 6) is -0.454. The van der Waals surface area contributed by atoms with Crippen molar-refractivity contribution in [3.05, 3.63) is 89.5 Å². The minimum absolute atomic E-state index is 0.0411. The molecule has 0 atom stereocenters. The molecule has 6 nitrogen and oxygen atoms in total. The predicted molar refractivity (Wildman–Crippen MR) is 101 cm³/mol. The Bertz CT molecular complexity index is 1250. The first kappa shape index (κ1) is 17.4. The molecule has 0 saturated heterocycles. The van der Waals surface area contributed by atoms with Crippen molar-refractivity contribution in [2.75, 3.05) is 0 Å². The minimum atomic E-state index is -4.08. The highest BCUT2D eigenvalue weighted by Crippen LogP contribution is 2.29. The van der Waals surface area contributed by atoms with Crippen LogP contribution in [0.25, 0.3) is 11.0 Å². The summed E-state index contributed by atoms with van der Waals surface area (Å²) < 4.78 is 27.5. The number of rotatable bonds is 4. The van der Waals surface area contributed by atoms with Crippen molar-refractivity contribution >= 4 is 38.4 Å². The van der Waals surface area contributed by atoms with Crippen LogP contribution in [0.15, 0.2) is 78.0 Å². The number of hydrogen-bond donors (Lipinski definition) is 0. The number of nitrogens with zero attached hydrogens (tertiary/aromatic N) is 3. The fourth-order valence-electron chi connectivity index (χ4n) is 2.80. The van der Waals surface area contributed by atoms with Gasteiger partial charge in [-0.1, -0.05) is 60.1 Å². The second-order valence-corrected chi connectivity index (χ2v) is 7.85. The Labute approximate surface area is 160 Å². The van der Waals surface area contributed by atoms with Gasteiger partial charge < -0.3 is 0 Å². The number of hydrogen-bond acceptors (Lipinski definition) is 5. The number of ketones is 1. The van der Waals surface area contributed by atoms with Gasteiger partial charge in [-0.25, -0.2) is 22.4 Å². The second-order valence-electron chi connectivity index (χ2n) is 5.71. The Balaban J connectivity index is 2.05. The van der Waals surface area contributed by atoms with Gasteiger partial charge in [0.15, 0.2) is 5.65 Å². The summed E-state index contributed by atoms with van der Waals surface area (Å²) in [4.78, 5) is 21.0. The van der Waals surface area contributed by atoms with E-state index in [1.807, 2.05) is 0 Å². The molecule has 0 N–H and O–H groups in total. The number of carbonyl (C=O) groups is 1. The molecular formula is C19H12ClN3O3S. The standard InChI is InChI=1S/C19H12ClN3O3S/c20-18-15-11-16(17(24)13-7-3-1-4-8-13)23(19(15)22-12-21-18)27(25,26)14-9-5-2-6-10-14/h1-12H. The first-order valence-electron chi connectivity index (χ1n) is 7.92. The van der Waals surface area contributed by atoms with E-state index in [4.69, 9.17) is 11.6 Å². The monoisotopic (exact) mass is 397 g/mol. The average Bonchev–Trinajstić information content (AvgIpc) is 3.10. The molecular weight excluding hydrogens is 386 g/mol. The van der Waals surface area contributed by atoms with Crippen molar-refractivity contribution in [2.24, 2.45) is 0 Å². The summed E-state index contributed by atoms with van der Waals surface area (Å²) in [5, 5.41) is 0.363. The molecule has 0 aliphatic carbocycles. The van der Waals surface area contributed by atoms with Gasteiger partial charge in [0.05, 0.1) is 10.3 Å². The van der Waals surface area contributed by atoms with Crippen LogP contribution in [0, 0.1) is 0 Å². The van der Waals surface area contributed by atoms with Crippen molar-refractivity contribution in [3.8, 4) is 0 Å². The lowest BCUT2D eigenvalue weighted by atomic mass is 10.1. The van der Waals surface area contributed by atoms with Crippen LogP contribution in [0.5, 0.6) is 0 Å². The van der Waals surface area contributed by atoms with E-state index in [0.717, 1.165) is 3.97 Å². The molecule has 4 aromatic rings. The summed E-state index contributed by atoms with van der Waals surface area (Å²) >= 11 is 6.12. The van der Waals surface area contributed by atoms with Gasteiger partial charge in [0.1, 0.15) is 17.2 Å². The molecule has 0 fully saturated rings. The van der Waals surface area contributed by atoms with Crippen LogP contribution >= 0.6 is 11.6 Å². The van der Waals surface area contributed by atoms with Gasteiger partial charge >= 0.3 is 0 Å². The second kappa shape index (κ2) is 6.61. The van der Waals surface area contributed by atoms with E-state index in [9.17, 15) is 13.2 Å². The van der Waals surface area contributed by atoms with Crippen molar-refractivity contribution < 1.29 is 13.2 Å². The summed E-state index contributed by atoms with van der Waals surface area (Å²) in [6.45, 7) is 0. The molecule has 134 valence electrons. The van der Waals surface area contributed by atoms with Gasteiger partial charge in [-0.05, 0) is 18.2 Å². The molecule has 0 unspecified atom stereocenters. The summed E-state index contributed by atoms with van der Waals surface area (Å²) in [7, 11) is -4.08. The molecule has 4 rings (SSSR count). The lowest BCUT2D eigenvalue weighted by molar-refractivity contribution is 0.103. The van der Waals surface area contributed by atoms with Crippen LogP contribution in [0.1, 0.15) is 16.1 Å². The average molecular weight is 398 g/mol. The van der Waals surface area contributed by atoms with E-state index in [2.05, 4.69) is 9.97 Å². The maximum Gasteiger partial charge on any atom is 0.270 e. The molecule has 8 heteroatoms. The number of fused-ring (bicyclic) bond motifs is 1. The normalized spacial score (nSPS) is 11.6. The van der Waals surface area contributed by atoms with Crippen LogP contribution in [-0.4, -0.2) is 28.1 Å². The number of carbonyl (C=O) groups excluding carboxylic acids is 1. The zero-order valence-corrected chi connectivity index (χ0v) is 15.4. The third kappa shape index (κ3) is 2.90. The summed E-state index contributed by atoms with van der Waals surface area (Å²) in [6, 6.07) is 17.7. The SMILES string of the molecule is O=C(c1ccccc1)c1cc2c(Cl)ncnc2n1S(=O)(=O)c1ccccc1.